The van der Waals surface area contributed by atoms with Gasteiger partial charge in [0, 0.05) is 0 Å². The number of halogens is 1. The fourth-order valence-electron chi connectivity index (χ4n) is 3.26. The quantitative estimate of drug-likeness (QED) is 0.361. The number of phenolic OH excluding ortho intramolecular Hbond substituents is 1. The molecular formula is C24H21ClN4O2S. The molecule has 0 aliphatic carbocycles. The van der Waals surface area contributed by atoms with E-state index in [4.69, 9.17) is 11.6 Å². The minimum Gasteiger partial charge on any atom is -0.507 e. The van der Waals surface area contributed by atoms with Gasteiger partial charge in [0.05, 0.1) is 27.7 Å². The van der Waals surface area contributed by atoms with Crippen LogP contribution >= 0.6 is 23.4 Å². The topological polar surface area (TPSA) is 80.0 Å². The minimum atomic E-state index is -0.206. The van der Waals surface area contributed by atoms with E-state index >= 15 is 0 Å². The van der Waals surface area contributed by atoms with Crippen molar-refractivity contribution in [1.29, 1.82) is 0 Å². The first-order chi connectivity index (χ1) is 15.4. The van der Waals surface area contributed by atoms with E-state index in [0.29, 0.717) is 27.3 Å². The lowest BCUT2D eigenvalue weighted by Crippen LogP contribution is -2.15. The summed E-state index contributed by atoms with van der Waals surface area (Å²) in [4.78, 5) is 12.5. The van der Waals surface area contributed by atoms with E-state index in [1.165, 1.54) is 11.8 Å². The third-order valence-corrected chi connectivity index (χ3v) is 6.12. The van der Waals surface area contributed by atoms with Crippen LogP contribution < -0.4 is 5.32 Å². The molecule has 0 radical (unpaired) electrons. The van der Waals surface area contributed by atoms with Gasteiger partial charge in [-0.25, -0.2) is 0 Å². The van der Waals surface area contributed by atoms with E-state index in [1.54, 1.807) is 36.4 Å². The maximum Gasteiger partial charge on any atom is 0.234 e. The van der Waals surface area contributed by atoms with Crippen LogP contribution in [-0.2, 0) is 4.79 Å². The average Bonchev–Trinajstić information content (AvgIpc) is 3.19. The minimum absolute atomic E-state index is 0.111. The highest BCUT2D eigenvalue weighted by Gasteiger charge is 2.20. The second kappa shape index (κ2) is 9.46. The first kappa shape index (κ1) is 21.9. The van der Waals surface area contributed by atoms with E-state index in [-0.39, 0.29) is 17.4 Å². The molecule has 1 amide bonds. The summed E-state index contributed by atoms with van der Waals surface area (Å²) >= 11 is 7.40. The zero-order valence-corrected chi connectivity index (χ0v) is 19.1. The Hall–Kier alpha value is -3.29. The summed E-state index contributed by atoms with van der Waals surface area (Å²) in [6.45, 7) is 4.01. The number of hydrogen-bond donors (Lipinski definition) is 2. The van der Waals surface area contributed by atoms with E-state index in [1.807, 2.05) is 48.7 Å². The van der Waals surface area contributed by atoms with Crippen LogP contribution in [0.25, 0.3) is 17.1 Å². The smallest absolute Gasteiger partial charge is 0.234 e. The number of amides is 1. The van der Waals surface area contributed by atoms with Crippen molar-refractivity contribution in [2.75, 3.05) is 11.1 Å². The van der Waals surface area contributed by atoms with E-state index < -0.39 is 0 Å². The Morgan fingerprint density at radius 1 is 1.06 bits per heavy atom. The number of phenols is 1. The molecule has 1 heterocycles. The monoisotopic (exact) mass is 464 g/mol. The second-order valence-electron chi connectivity index (χ2n) is 7.27. The predicted octanol–water partition coefficient (Wildman–Crippen LogP) is 5.64. The molecule has 0 bridgehead atoms. The SMILES string of the molecule is Cc1ccc(C)c(-n2c(SCC(=O)Nc3ccccc3Cl)nnc2-c2ccccc2O)c1. The third kappa shape index (κ3) is 4.64. The molecule has 1 aromatic heterocycles. The number of aromatic hydroxyl groups is 1. The number of anilines is 1. The molecule has 4 rings (SSSR count). The Labute approximate surface area is 195 Å². The fraction of sp³-hybridized carbons (Fsp3) is 0.125. The molecule has 0 unspecified atom stereocenters. The average molecular weight is 465 g/mol. The molecule has 0 saturated carbocycles. The summed E-state index contributed by atoms with van der Waals surface area (Å²) < 4.78 is 1.88. The molecule has 0 aliphatic rings. The highest BCUT2D eigenvalue weighted by atomic mass is 35.5. The first-order valence-electron chi connectivity index (χ1n) is 9.92. The number of para-hydroxylation sites is 2. The molecule has 0 spiro atoms. The van der Waals surface area contributed by atoms with E-state index in [9.17, 15) is 9.90 Å². The Balaban J connectivity index is 1.68. The standard InChI is InChI=1S/C24H21ClN4O2S/c1-15-11-12-16(2)20(13-15)29-23(17-7-3-6-10-21(17)30)27-28-24(29)32-14-22(31)26-19-9-5-4-8-18(19)25/h3-13,30H,14H2,1-2H3,(H,26,31). The van der Waals surface area contributed by atoms with Crippen molar-refractivity contribution in [1.82, 2.24) is 14.8 Å². The number of aryl methyl sites for hydroxylation is 2. The van der Waals surface area contributed by atoms with Crippen LogP contribution in [0.5, 0.6) is 5.75 Å². The molecule has 0 saturated heterocycles. The van der Waals surface area contributed by atoms with E-state index in [0.717, 1.165) is 16.8 Å². The largest absolute Gasteiger partial charge is 0.507 e. The number of benzene rings is 3. The summed E-state index contributed by atoms with van der Waals surface area (Å²) in [5, 5.41) is 22.9. The third-order valence-electron chi connectivity index (χ3n) is 4.86. The lowest BCUT2D eigenvalue weighted by atomic mass is 10.1. The molecule has 162 valence electrons. The van der Waals surface area contributed by atoms with Crippen molar-refractivity contribution in [3.63, 3.8) is 0 Å². The summed E-state index contributed by atoms with van der Waals surface area (Å²) in [7, 11) is 0. The van der Waals surface area contributed by atoms with Gasteiger partial charge in [0.1, 0.15) is 5.75 Å². The van der Waals surface area contributed by atoms with Crippen molar-refractivity contribution < 1.29 is 9.90 Å². The van der Waals surface area contributed by atoms with Crippen molar-refractivity contribution in [2.24, 2.45) is 0 Å². The highest BCUT2D eigenvalue weighted by Crippen LogP contribution is 2.34. The molecular weight excluding hydrogens is 444 g/mol. The second-order valence-corrected chi connectivity index (χ2v) is 8.62. The molecule has 6 nitrogen and oxygen atoms in total. The zero-order chi connectivity index (χ0) is 22.7. The Morgan fingerprint density at radius 2 is 1.81 bits per heavy atom. The number of rotatable bonds is 6. The van der Waals surface area contributed by atoms with Crippen molar-refractivity contribution in [2.45, 2.75) is 19.0 Å². The van der Waals surface area contributed by atoms with Gasteiger partial charge in [-0.15, -0.1) is 10.2 Å². The number of carbonyl (C=O) groups excluding carboxylic acids is 1. The number of aromatic nitrogens is 3. The number of carbonyl (C=O) groups is 1. The number of nitrogens with zero attached hydrogens (tertiary/aromatic N) is 3. The molecule has 0 atom stereocenters. The van der Waals surface area contributed by atoms with Gasteiger partial charge in [-0.1, -0.05) is 59.8 Å². The predicted molar refractivity (Wildman–Crippen MR) is 129 cm³/mol. The lowest BCUT2D eigenvalue weighted by Gasteiger charge is -2.14. The van der Waals surface area contributed by atoms with Crippen LogP contribution in [0, 0.1) is 13.8 Å². The van der Waals surface area contributed by atoms with Crippen LogP contribution in [0.2, 0.25) is 5.02 Å². The summed E-state index contributed by atoms with van der Waals surface area (Å²) in [5.74, 6) is 0.530. The van der Waals surface area contributed by atoms with Crippen LogP contribution in [-0.4, -0.2) is 31.5 Å². The van der Waals surface area contributed by atoms with Gasteiger partial charge < -0.3 is 10.4 Å². The molecule has 0 aliphatic heterocycles. The van der Waals surface area contributed by atoms with Crippen LogP contribution in [0.3, 0.4) is 0 Å². The maximum absolute atomic E-state index is 12.5. The normalized spacial score (nSPS) is 10.8. The maximum atomic E-state index is 12.5. The molecule has 4 aromatic rings. The van der Waals surface area contributed by atoms with Gasteiger partial charge in [-0.3, -0.25) is 9.36 Å². The van der Waals surface area contributed by atoms with Gasteiger partial charge in [0.25, 0.3) is 0 Å². The zero-order valence-electron chi connectivity index (χ0n) is 17.5. The summed E-state index contributed by atoms with van der Waals surface area (Å²) in [6, 6.07) is 20.2. The molecule has 32 heavy (non-hydrogen) atoms. The van der Waals surface area contributed by atoms with Gasteiger partial charge in [0.2, 0.25) is 5.91 Å². The Kier molecular flexibility index (Phi) is 6.48. The van der Waals surface area contributed by atoms with Gasteiger partial charge in [0.15, 0.2) is 11.0 Å². The molecule has 8 heteroatoms. The Bertz CT molecular complexity index is 1290. The van der Waals surface area contributed by atoms with E-state index in [2.05, 4.69) is 15.5 Å². The van der Waals surface area contributed by atoms with Crippen molar-refractivity contribution in [3.05, 3.63) is 82.9 Å². The number of hydrogen-bond acceptors (Lipinski definition) is 5. The van der Waals surface area contributed by atoms with Crippen molar-refractivity contribution >= 4 is 35.0 Å². The summed E-state index contributed by atoms with van der Waals surface area (Å²) in [6.07, 6.45) is 0. The lowest BCUT2D eigenvalue weighted by molar-refractivity contribution is -0.113. The molecule has 0 fully saturated rings. The number of thioether (sulfide) groups is 1. The van der Waals surface area contributed by atoms with Gasteiger partial charge >= 0.3 is 0 Å². The Morgan fingerprint density at radius 3 is 2.59 bits per heavy atom. The van der Waals surface area contributed by atoms with Gasteiger partial charge in [-0.05, 0) is 55.3 Å². The van der Waals surface area contributed by atoms with Crippen molar-refractivity contribution in [3.8, 4) is 22.8 Å². The highest BCUT2D eigenvalue weighted by molar-refractivity contribution is 7.99. The molecule has 2 N–H and O–H groups in total. The fourth-order valence-corrected chi connectivity index (χ4v) is 4.18. The van der Waals surface area contributed by atoms with Crippen LogP contribution in [0.1, 0.15) is 11.1 Å². The van der Waals surface area contributed by atoms with Crippen LogP contribution in [0.15, 0.2) is 71.9 Å². The molecule has 3 aromatic carbocycles. The van der Waals surface area contributed by atoms with Crippen LogP contribution in [0.4, 0.5) is 5.69 Å². The first-order valence-corrected chi connectivity index (χ1v) is 11.3. The number of nitrogens with one attached hydrogen (secondary N) is 1. The van der Waals surface area contributed by atoms with Gasteiger partial charge in [-0.2, -0.15) is 0 Å². The summed E-state index contributed by atoms with van der Waals surface area (Å²) in [5.41, 5.74) is 4.12.